The van der Waals surface area contributed by atoms with Crippen molar-refractivity contribution in [2.24, 2.45) is 0 Å². The first-order valence-electron chi connectivity index (χ1n) is 11.1. The number of hydrogen-bond acceptors (Lipinski definition) is 5. The zero-order valence-electron chi connectivity index (χ0n) is 19.4. The molecule has 1 atom stereocenters. The third-order valence-corrected chi connectivity index (χ3v) is 12.2. The fraction of sp³-hybridized carbons (Fsp3) is 0.400. The summed E-state index contributed by atoms with van der Waals surface area (Å²) in [7, 11) is 6.09. The number of carbonyl (C=O) groups is 1. The van der Waals surface area contributed by atoms with Crippen molar-refractivity contribution >= 4 is 40.5 Å². The van der Waals surface area contributed by atoms with Crippen LogP contribution in [0.4, 0.5) is 11.4 Å². The molecule has 0 N–H and O–H groups in total. The average molecular weight is 468 g/mol. The molecule has 32 heavy (non-hydrogen) atoms. The molecule has 0 aliphatic carbocycles. The van der Waals surface area contributed by atoms with Crippen LogP contribution >= 0.6 is 6.19 Å². The Balaban J connectivity index is 1.81. The van der Waals surface area contributed by atoms with Crippen LogP contribution in [0.2, 0.25) is 0 Å². The molecule has 2 aromatic rings. The molecule has 3 aliphatic rings. The molecule has 5 rings (SSSR count). The summed E-state index contributed by atoms with van der Waals surface area (Å²) in [6.45, 7) is 7.26. The Bertz CT molecular complexity index is 1200. The normalized spacial score (nSPS) is 26.9. The summed E-state index contributed by atoms with van der Waals surface area (Å²) >= 11 is 6.61. The van der Waals surface area contributed by atoms with Crippen LogP contribution in [-0.4, -0.2) is 57.9 Å². The molecular formula is C25H30N3O2PS. The van der Waals surface area contributed by atoms with E-state index in [9.17, 15) is 4.79 Å². The first kappa shape index (κ1) is 21.8. The third-order valence-electron chi connectivity index (χ3n) is 7.06. The summed E-state index contributed by atoms with van der Waals surface area (Å²) in [5.74, 6) is 0.0984. The van der Waals surface area contributed by atoms with Gasteiger partial charge in [0, 0.05) is 67.6 Å². The molecule has 1 fully saturated rings. The van der Waals surface area contributed by atoms with Gasteiger partial charge in [-0.05, 0) is 29.8 Å². The lowest BCUT2D eigenvalue weighted by Gasteiger charge is -2.38. The minimum absolute atomic E-state index is 0.0984. The number of fused-ring (bicyclic) bond motifs is 2. The lowest BCUT2D eigenvalue weighted by Crippen LogP contribution is -2.37. The Hall–Kier alpha value is -1.98. The second-order valence-electron chi connectivity index (χ2n) is 9.47. The van der Waals surface area contributed by atoms with E-state index in [1.165, 1.54) is 5.56 Å². The van der Waals surface area contributed by atoms with Crippen LogP contribution in [0.3, 0.4) is 0 Å². The zero-order valence-corrected chi connectivity index (χ0v) is 21.1. The van der Waals surface area contributed by atoms with Crippen molar-refractivity contribution in [1.29, 1.82) is 0 Å². The monoisotopic (exact) mass is 467 g/mol. The Morgan fingerprint density at radius 1 is 1.09 bits per heavy atom. The largest absolute Gasteiger partial charge is 0.379 e. The summed E-state index contributed by atoms with van der Waals surface area (Å²) in [4.78, 5) is 18.5. The van der Waals surface area contributed by atoms with Gasteiger partial charge in [0.05, 0.1) is 24.7 Å². The van der Waals surface area contributed by atoms with Gasteiger partial charge in [-0.15, -0.1) is 0 Å². The molecule has 5 nitrogen and oxygen atoms in total. The molecule has 2 aromatic carbocycles. The highest BCUT2D eigenvalue weighted by atomic mass is 32.4. The van der Waals surface area contributed by atoms with Crippen LogP contribution in [0.1, 0.15) is 29.8 Å². The van der Waals surface area contributed by atoms with Gasteiger partial charge in [0.15, 0.2) is 5.78 Å². The fourth-order valence-electron chi connectivity index (χ4n) is 5.43. The van der Waals surface area contributed by atoms with Gasteiger partial charge in [-0.3, -0.25) is 9.46 Å². The van der Waals surface area contributed by atoms with Gasteiger partial charge in [-0.25, -0.2) is 0 Å². The second-order valence-corrected chi connectivity index (χ2v) is 13.7. The van der Waals surface area contributed by atoms with Crippen molar-refractivity contribution in [2.75, 3.05) is 57.2 Å². The quantitative estimate of drug-likeness (QED) is 0.492. The van der Waals surface area contributed by atoms with E-state index in [-0.39, 0.29) is 11.2 Å². The number of nitrogens with zero attached hydrogens (tertiary/aromatic N) is 3. The van der Waals surface area contributed by atoms with Crippen LogP contribution in [0, 0.1) is 0 Å². The van der Waals surface area contributed by atoms with E-state index in [1.807, 2.05) is 25.1 Å². The van der Waals surface area contributed by atoms with E-state index in [0.717, 1.165) is 46.3 Å². The lowest BCUT2D eigenvalue weighted by atomic mass is 9.83. The van der Waals surface area contributed by atoms with Crippen LogP contribution in [0.5, 0.6) is 0 Å². The SMILES string of the molecule is CN(C)c1ccc2c(c1)C(=O)/C(=C1\N(C)c3ccccc3C1(C)C)P2(=S)N1CCOCC1. The van der Waals surface area contributed by atoms with Gasteiger partial charge >= 0.3 is 0 Å². The van der Waals surface area contributed by atoms with Crippen molar-refractivity contribution < 1.29 is 9.53 Å². The highest BCUT2D eigenvalue weighted by molar-refractivity contribution is 8.20. The summed E-state index contributed by atoms with van der Waals surface area (Å²) in [6.07, 6.45) is -2.49. The second kappa shape index (κ2) is 7.53. The molecule has 0 radical (unpaired) electrons. The maximum Gasteiger partial charge on any atom is 0.198 e. The molecule has 0 amide bonds. The topological polar surface area (TPSA) is 36.0 Å². The van der Waals surface area contributed by atoms with Crippen molar-refractivity contribution in [1.82, 2.24) is 4.67 Å². The molecule has 168 valence electrons. The molecule has 1 saturated heterocycles. The summed E-state index contributed by atoms with van der Waals surface area (Å²) < 4.78 is 8.03. The number of ether oxygens (including phenoxy) is 1. The number of allylic oxidation sites excluding steroid dienone is 2. The van der Waals surface area contributed by atoms with Gasteiger partial charge in [0.1, 0.15) is 0 Å². The fourth-order valence-corrected chi connectivity index (χ4v) is 10.3. The van der Waals surface area contributed by atoms with Crippen molar-refractivity contribution in [2.45, 2.75) is 19.3 Å². The molecule has 1 unspecified atom stereocenters. The predicted octanol–water partition coefficient (Wildman–Crippen LogP) is 3.94. The molecule has 3 aliphatic heterocycles. The van der Waals surface area contributed by atoms with Crippen LogP contribution in [0.15, 0.2) is 53.5 Å². The number of para-hydroxylation sites is 1. The number of Topliss-reactive ketones (excluding diaryl/α,β-unsaturated/α-hetero) is 1. The highest BCUT2D eigenvalue weighted by Crippen LogP contribution is 2.66. The van der Waals surface area contributed by atoms with E-state index >= 15 is 0 Å². The van der Waals surface area contributed by atoms with Crippen LogP contribution in [-0.2, 0) is 22.0 Å². The molecule has 0 spiro atoms. The highest BCUT2D eigenvalue weighted by Gasteiger charge is 2.51. The number of rotatable bonds is 2. The van der Waals surface area contributed by atoms with E-state index in [2.05, 4.69) is 66.9 Å². The molecular weight excluding hydrogens is 437 g/mol. The molecule has 7 heteroatoms. The van der Waals surface area contributed by atoms with Crippen molar-refractivity contribution in [3.05, 3.63) is 64.6 Å². The number of likely N-dealkylation sites (N-methyl/N-ethyl adjacent to an activating group) is 1. The summed E-state index contributed by atoms with van der Waals surface area (Å²) in [6, 6.07) is 14.7. The number of carbonyl (C=O) groups excluding carboxylic acids is 1. The third kappa shape index (κ3) is 2.90. The Kier molecular flexibility index (Phi) is 5.14. The minimum Gasteiger partial charge on any atom is -0.379 e. The number of hydrogen-bond donors (Lipinski definition) is 0. The standard InChI is InChI=1S/C25H30N3O2PS/c1-25(2)19-8-6-7-9-20(19)27(5)24(25)23-22(29)18-16-17(26(3)4)10-11-21(18)31(23,32)28-12-14-30-15-13-28/h6-11,16H,12-15H2,1-5H3/b24-23+. The first-order valence-corrected chi connectivity index (χ1v) is 13.8. The Morgan fingerprint density at radius 2 is 1.78 bits per heavy atom. The van der Waals surface area contributed by atoms with E-state index in [4.69, 9.17) is 16.5 Å². The number of benzene rings is 2. The Morgan fingerprint density at radius 3 is 2.44 bits per heavy atom. The zero-order chi connectivity index (χ0) is 22.8. The van der Waals surface area contributed by atoms with Gasteiger partial charge in [0.2, 0.25) is 0 Å². The van der Waals surface area contributed by atoms with E-state index in [0.29, 0.717) is 13.2 Å². The van der Waals surface area contributed by atoms with E-state index < -0.39 is 6.19 Å². The smallest absolute Gasteiger partial charge is 0.198 e. The minimum atomic E-state index is -2.49. The number of morpholine rings is 1. The van der Waals surface area contributed by atoms with Crippen LogP contribution in [0.25, 0.3) is 0 Å². The first-order chi connectivity index (χ1) is 15.2. The molecule has 0 saturated carbocycles. The lowest BCUT2D eigenvalue weighted by molar-refractivity contribution is 0.0752. The van der Waals surface area contributed by atoms with Gasteiger partial charge < -0.3 is 14.5 Å². The molecule has 0 bridgehead atoms. The number of anilines is 2. The molecule has 3 heterocycles. The van der Waals surface area contributed by atoms with Gasteiger partial charge in [-0.2, -0.15) is 0 Å². The van der Waals surface area contributed by atoms with Crippen LogP contribution < -0.4 is 15.1 Å². The van der Waals surface area contributed by atoms with Gasteiger partial charge in [0.25, 0.3) is 0 Å². The predicted molar refractivity (Wildman–Crippen MR) is 136 cm³/mol. The maximum absolute atomic E-state index is 14.2. The summed E-state index contributed by atoms with van der Waals surface area (Å²) in [5, 5.41) is 1.87. The number of ketones is 1. The maximum atomic E-state index is 14.2. The van der Waals surface area contributed by atoms with Crippen molar-refractivity contribution in [3.8, 4) is 0 Å². The average Bonchev–Trinajstić information content (AvgIpc) is 3.13. The van der Waals surface area contributed by atoms with Crippen molar-refractivity contribution in [3.63, 3.8) is 0 Å². The molecule has 0 aromatic heterocycles. The summed E-state index contributed by atoms with van der Waals surface area (Å²) in [5.41, 5.74) is 4.94. The van der Waals surface area contributed by atoms with E-state index in [1.54, 1.807) is 0 Å². The van der Waals surface area contributed by atoms with Gasteiger partial charge in [-0.1, -0.05) is 43.9 Å². The Labute approximate surface area is 195 Å².